The maximum absolute atomic E-state index is 12.8. The first kappa shape index (κ1) is 16.3. The first-order valence-electron chi connectivity index (χ1n) is 8.95. The Labute approximate surface area is 160 Å². The highest BCUT2D eigenvalue weighted by Crippen LogP contribution is 2.25. The summed E-state index contributed by atoms with van der Waals surface area (Å²) in [7, 11) is 0. The Morgan fingerprint density at radius 1 is 0.714 bits per heavy atom. The first-order valence-corrected chi connectivity index (χ1v) is 8.95. The number of nitrogens with one attached hydrogen (secondary N) is 1. The van der Waals surface area contributed by atoms with Gasteiger partial charge in [-0.3, -0.25) is 4.79 Å². The molecule has 0 aliphatic carbocycles. The van der Waals surface area contributed by atoms with Gasteiger partial charge in [0.25, 0.3) is 5.91 Å². The van der Waals surface area contributed by atoms with Gasteiger partial charge in [0.2, 0.25) is 0 Å². The maximum Gasteiger partial charge on any atom is 0.349 e. The van der Waals surface area contributed by atoms with Crippen LogP contribution in [0.1, 0.15) is 10.4 Å². The SMILES string of the molecule is O=C(Nc1ccc2ccccc2c1)c1cc2c(ccc3ccccc32)oc1=O. The summed E-state index contributed by atoms with van der Waals surface area (Å²) in [5.41, 5.74) is 0.421. The number of carbonyl (C=O) groups excluding carboxylic acids is 1. The van der Waals surface area contributed by atoms with Crippen molar-refractivity contribution in [2.24, 2.45) is 0 Å². The largest absolute Gasteiger partial charge is 0.422 e. The number of rotatable bonds is 2. The van der Waals surface area contributed by atoms with Gasteiger partial charge in [-0.2, -0.15) is 0 Å². The lowest BCUT2D eigenvalue weighted by atomic mass is 10.0. The quantitative estimate of drug-likeness (QED) is 0.339. The van der Waals surface area contributed by atoms with Crippen molar-refractivity contribution in [2.45, 2.75) is 0 Å². The predicted molar refractivity (Wildman–Crippen MR) is 112 cm³/mol. The van der Waals surface area contributed by atoms with Crippen LogP contribution in [0.5, 0.6) is 0 Å². The van der Waals surface area contributed by atoms with E-state index in [1.807, 2.05) is 72.8 Å². The highest BCUT2D eigenvalue weighted by molar-refractivity contribution is 6.10. The number of fused-ring (bicyclic) bond motifs is 4. The Balaban J connectivity index is 1.58. The van der Waals surface area contributed by atoms with Crippen molar-refractivity contribution >= 4 is 44.1 Å². The fourth-order valence-corrected chi connectivity index (χ4v) is 3.50. The van der Waals surface area contributed by atoms with E-state index >= 15 is 0 Å². The van der Waals surface area contributed by atoms with Crippen LogP contribution in [-0.4, -0.2) is 5.91 Å². The van der Waals surface area contributed by atoms with E-state index in [9.17, 15) is 9.59 Å². The molecule has 4 nitrogen and oxygen atoms in total. The molecule has 0 atom stereocenters. The van der Waals surface area contributed by atoms with Crippen LogP contribution < -0.4 is 10.9 Å². The van der Waals surface area contributed by atoms with E-state index in [0.29, 0.717) is 11.3 Å². The maximum atomic E-state index is 12.8. The van der Waals surface area contributed by atoms with Gasteiger partial charge in [0.05, 0.1) is 0 Å². The number of benzene rings is 4. The molecule has 5 rings (SSSR count). The van der Waals surface area contributed by atoms with Gasteiger partial charge in [0.15, 0.2) is 0 Å². The van der Waals surface area contributed by atoms with Crippen molar-refractivity contribution in [3.05, 3.63) is 101 Å². The summed E-state index contributed by atoms with van der Waals surface area (Å²) in [6, 6.07) is 26.6. The molecule has 1 N–H and O–H groups in total. The van der Waals surface area contributed by atoms with E-state index in [4.69, 9.17) is 4.42 Å². The third-order valence-electron chi connectivity index (χ3n) is 4.89. The lowest BCUT2D eigenvalue weighted by Crippen LogP contribution is -2.20. The minimum Gasteiger partial charge on any atom is -0.422 e. The molecule has 5 aromatic rings. The molecule has 134 valence electrons. The van der Waals surface area contributed by atoms with Crippen LogP contribution >= 0.6 is 0 Å². The lowest BCUT2D eigenvalue weighted by molar-refractivity contribution is 0.102. The van der Waals surface area contributed by atoms with Crippen LogP contribution in [0.15, 0.2) is 94.1 Å². The average Bonchev–Trinajstić information content (AvgIpc) is 2.73. The summed E-state index contributed by atoms with van der Waals surface area (Å²) in [4.78, 5) is 25.2. The fourth-order valence-electron chi connectivity index (χ4n) is 3.50. The van der Waals surface area contributed by atoms with Gasteiger partial charge in [-0.1, -0.05) is 60.7 Å². The second-order valence-corrected chi connectivity index (χ2v) is 6.66. The van der Waals surface area contributed by atoms with Crippen molar-refractivity contribution in [2.75, 3.05) is 5.32 Å². The van der Waals surface area contributed by atoms with E-state index in [-0.39, 0.29) is 5.56 Å². The predicted octanol–water partition coefficient (Wildman–Crippen LogP) is 5.35. The van der Waals surface area contributed by atoms with Crippen molar-refractivity contribution in [1.29, 1.82) is 0 Å². The van der Waals surface area contributed by atoms with Crippen molar-refractivity contribution < 1.29 is 9.21 Å². The second-order valence-electron chi connectivity index (χ2n) is 6.66. The number of carbonyl (C=O) groups is 1. The summed E-state index contributed by atoms with van der Waals surface area (Å²) in [6.45, 7) is 0. The molecule has 0 aliphatic heterocycles. The van der Waals surface area contributed by atoms with Gasteiger partial charge in [0, 0.05) is 11.1 Å². The van der Waals surface area contributed by atoms with E-state index in [1.165, 1.54) is 0 Å². The standard InChI is InChI=1S/C24H15NO3/c26-23(25-18-11-9-15-5-1-2-7-17(15)13-18)21-14-20-19-8-4-3-6-16(19)10-12-22(20)28-24(21)27/h1-14H,(H,25,26). The third kappa shape index (κ3) is 2.72. The van der Waals surface area contributed by atoms with E-state index < -0.39 is 11.5 Å². The minimum absolute atomic E-state index is 0.0167. The summed E-state index contributed by atoms with van der Waals surface area (Å²) in [5, 5.41) is 7.59. The summed E-state index contributed by atoms with van der Waals surface area (Å²) < 4.78 is 5.41. The second kappa shape index (κ2) is 6.35. The van der Waals surface area contributed by atoms with Crippen LogP contribution in [0.4, 0.5) is 5.69 Å². The molecule has 0 fully saturated rings. The Bertz CT molecular complexity index is 1430. The molecule has 0 aliphatic rings. The average molecular weight is 365 g/mol. The molecule has 0 saturated carbocycles. The fraction of sp³-hybridized carbons (Fsp3) is 0. The Morgan fingerprint density at radius 3 is 2.29 bits per heavy atom. The Kier molecular flexibility index (Phi) is 3.69. The van der Waals surface area contributed by atoms with Gasteiger partial charge in [-0.15, -0.1) is 0 Å². The van der Waals surface area contributed by atoms with Crippen molar-refractivity contribution in [3.63, 3.8) is 0 Å². The van der Waals surface area contributed by atoms with Crippen LogP contribution in [-0.2, 0) is 0 Å². The highest BCUT2D eigenvalue weighted by Gasteiger charge is 2.15. The number of hydrogen-bond donors (Lipinski definition) is 1. The van der Waals surface area contributed by atoms with Crippen molar-refractivity contribution in [1.82, 2.24) is 0 Å². The molecule has 1 aromatic heterocycles. The lowest BCUT2D eigenvalue weighted by Gasteiger charge is -2.08. The summed E-state index contributed by atoms with van der Waals surface area (Å²) >= 11 is 0. The molecule has 0 spiro atoms. The van der Waals surface area contributed by atoms with Crippen molar-refractivity contribution in [3.8, 4) is 0 Å². The van der Waals surface area contributed by atoms with Gasteiger partial charge in [0.1, 0.15) is 11.1 Å². The summed E-state index contributed by atoms with van der Waals surface area (Å²) in [5.74, 6) is -0.487. The molecule has 4 aromatic carbocycles. The number of hydrogen-bond acceptors (Lipinski definition) is 3. The molecule has 28 heavy (non-hydrogen) atoms. The van der Waals surface area contributed by atoms with E-state index in [0.717, 1.165) is 26.9 Å². The number of amides is 1. The van der Waals surface area contributed by atoms with Gasteiger partial charge in [-0.05, 0) is 45.8 Å². The zero-order valence-electron chi connectivity index (χ0n) is 14.8. The van der Waals surface area contributed by atoms with E-state index in [2.05, 4.69) is 5.32 Å². The molecule has 1 heterocycles. The first-order chi connectivity index (χ1) is 13.7. The molecule has 0 radical (unpaired) electrons. The van der Waals surface area contributed by atoms with Crippen LogP contribution in [0.25, 0.3) is 32.5 Å². The zero-order valence-corrected chi connectivity index (χ0v) is 14.8. The van der Waals surface area contributed by atoms with Crippen LogP contribution in [0, 0.1) is 0 Å². The molecule has 1 amide bonds. The smallest absolute Gasteiger partial charge is 0.349 e. The Hall–Kier alpha value is -3.92. The minimum atomic E-state index is -0.652. The number of anilines is 1. The molecule has 0 saturated heterocycles. The molecule has 0 unspecified atom stereocenters. The van der Waals surface area contributed by atoms with Gasteiger partial charge >= 0.3 is 5.63 Å². The Morgan fingerprint density at radius 2 is 1.43 bits per heavy atom. The monoisotopic (exact) mass is 365 g/mol. The van der Waals surface area contributed by atoms with Crippen LogP contribution in [0.3, 0.4) is 0 Å². The van der Waals surface area contributed by atoms with Gasteiger partial charge < -0.3 is 9.73 Å². The topological polar surface area (TPSA) is 59.3 Å². The zero-order chi connectivity index (χ0) is 19.1. The third-order valence-corrected chi connectivity index (χ3v) is 4.89. The highest BCUT2D eigenvalue weighted by atomic mass is 16.4. The molecular weight excluding hydrogens is 350 g/mol. The van der Waals surface area contributed by atoms with Gasteiger partial charge in [-0.25, -0.2) is 4.79 Å². The molecular formula is C24H15NO3. The molecule has 4 heteroatoms. The normalized spacial score (nSPS) is 11.1. The summed E-state index contributed by atoms with van der Waals surface area (Å²) in [6.07, 6.45) is 0. The molecule has 0 bridgehead atoms. The van der Waals surface area contributed by atoms with E-state index in [1.54, 1.807) is 12.1 Å². The van der Waals surface area contributed by atoms with Crippen LogP contribution in [0.2, 0.25) is 0 Å².